The van der Waals surface area contributed by atoms with E-state index in [2.05, 4.69) is 20.3 Å². The first-order valence-corrected chi connectivity index (χ1v) is 16.2. The van der Waals surface area contributed by atoms with E-state index >= 15 is 0 Å². The summed E-state index contributed by atoms with van der Waals surface area (Å²) in [6.07, 6.45) is 3.57. The molecule has 1 aliphatic rings. The van der Waals surface area contributed by atoms with Crippen molar-refractivity contribution in [2.75, 3.05) is 29.6 Å². The smallest absolute Gasteiger partial charge is 0.285 e. The molecule has 232 valence electrons. The molecule has 0 spiro atoms. The van der Waals surface area contributed by atoms with Crippen molar-refractivity contribution in [3.05, 3.63) is 80.4 Å². The van der Waals surface area contributed by atoms with Gasteiger partial charge in [0.2, 0.25) is 16.0 Å². The molecular formula is C29H33ClN8O5S. The van der Waals surface area contributed by atoms with E-state index in [0.717, 1.165) is 17.5 Å². The highest BCUT2D eigenvalue weighted by molar-refractivity contribution is 7.89. The molecule has 3 aromatic heterocycles. The summed E-state index contributed by atoms with van der Waals surface area (Å²) in [7, 11) is -2.21. The Morgan fingerprint density at radius 3 is 2.61 bits per heavy atom. The Morgan fingerprint density at radius 2 is 1.91 bits per heavy atom. The number of fused-ring (bicyclic) bond motifs is 1. The zero-order chi connectivity index (χ0) is 32.0. The van der Waals surface area contributed by atoms with Gasteiger partial charge in [0.15, 0.2) is 11.5 Å². The molecule has 0 radical (unpaired) electrons. The second-order valence-corrected chi connectivity index (χ2v) is 13.3. The van der Waals surface area contributed by atoms with Crippen LogP contribution >= 0.6 is 11.6 Å². The minimum atomic E-state index is -3.86. The predicted molar refractivity (Wildman–Crippen MR) is 167 cm³/mol. The minimum Gasteiger partial charge on any atom is -0.380 e. The number of rotatable bonds is 7. The van der Waals surface area contributed by atoms with Gasteiger partial charge in [-0.05, 0) is 63.4 Å². The predicted octanol–water partition coefficient (Wildman–Crippen LogP) is 2.74. The summed E-state index contributed by atoms with van der Waals surface area (Å²) >= 11 is 6.03. The highest BCUT2D eigenvalue weighted by Gasteiger charge is 2.39. The van der Waals surface area contributed by atoms with E-state index in [9.17, 15) is 23.1 Å². The minimum absolute atomic E-state index is 0.00946. The average Bonchev–Trinajstić information content (AvgIpc) is 2.95. The van der Waals surface area contributed by atoms with Crippen LogP contribution in [0.5, 0.6) is 0 Å². The number of aryl methyl sites for hydroxylation is 2. The number of nitrogens with zero attached hydrogens (tertiary/aromatic N) is 6. The molecule has 1 aliphatic heterocycles. The number of β-amino-alcohol motifs (C(OH)–C–C–N with tert-alkyl or cyclic N) is 1. The number of piperidine rings is 1. The number of anilines is 2. The van der Waals surface area contributed by atoms with Crippen LogP contribution in [0.1, 0.15) is 58.9 Å². The monoisotopic (exact) mass is 640 g/mol. The molecule has 44 heavy (non-hydrogen) atoms. The molecule has 4 aromatic rings. The summed E-state index contributed by atoms with van der Waals surface area (Å²) in [5, 5.41) is 15.2. The molecule has 1 amide bonds. The Bertz CT molecular complexity index is 1950. The number of aliphatic hydroxyl groups is 1. The number of hydrogen-bond acceptors (Lipinski definition) is 11. The lowest BCUT2D eigenvalue weighted by atomic mass is 9.92. The second kappa shape index (κ2) is 11.7. The number of nitrogens with one attached hydrogen (secondary N) is 2. The number of aromatic nitrogens is 5. The molecule has 5 rings (SSSR count). The van der Waals surface area contributed by atoms with Gasteiger partial charge in [0, 0.05) is 31.0 Å². The van der Waals surface area contributed by atoms with Crippen LogP contribution in [0.15, 0.2) is 41.3 Å². The van der Waals surface area contributed by atoms with Crippen molar-refractivity contribution >= 4 is 50.1 Å². The normalized spacial score (nSPS) is 17.8. The number of sulfonamides is 1. The molecule has 0 aliphatic carbocycles. The molecule has 0 bridgehead atoms. The third kappa shape index (κ3) is 6.37. The largest absolute Gasteiger partial charge is 0.380 e. The van der Waals surface area contributed by atoms with Crippen LogP contribution in [-0.2, 0) is 22.7 Å². The first-order valence-electron chi connectivity index (χ1n) is 13.9. The van der Waals surface area contributed by atoms with E-state index in [1.807, 2.05) is 36.5 Å². The SMILES string of the molecule is Cc1cc([C@@H](C)Nc2ccc(Cl)nc2C(=O)NS(C)(=O)=O)c2nc(N3CCC[C@](O)(c4nccc(C)n4)C3)n(C)c(=O)c2c1. The van der Waals surface area contributed by atoms with Crippen molar-refractivity contribution < 1.29 is 18.3 Å². The first kappa shape index (κ1) is 31.3. The van der Waals surface area contributed by atoms with Crippen molar-refractivity contribution in [3.63, 3.8) is 0 Å². The maximum absolute atomic E-state index is 13.7. The number of hydrogen-bond donors (Lipinski definition) is 3. The van der Waals surface area contributed by atoms with Gasteiger partial charge in [-0.25, -0.2) is 33.1 Å². The number of benzene rings is 1. The van der Waals surface area contributed by atoms with Gasteiger partial charge in [-0.1, -0.05) is 17.7 Å². The van der Waals surface area contributed by atoms with Crippen LogP contribution in [0, 0.1) is 13.8 Å². The van der Waals surface area contributed by atoms with Gasteiger partial charge < -0.3 is 15.3 Å². The van der Waals surface area contributed by atoms with Crippen LogP contribution in [-0.4, -0.2) is 63.3 Å². The molecule has 1 saturated heterocycles. The lowest BCUT2D eigenvalue weighted by molar-refractivity contribution is 0.0125. The number of carbonyl (C=O) groups is 1. The van der Waals surface area contributed by atoms with Crippen molar-refractivity contribution in [2.24, 2.45) is 7.05 Å². The van der Waals surface area contributed by atoms with Crippen LogP contribution in [0.4, 0.5) is 11.6 Å². The molecule has 2 atom stereocenters. The highest BCUT2D eigenvalue weighted by Crippen LogP contribution is 2.33. The molecule has 15 heteroatoms. The van der Waals surface area contributed by atoms with Crippen LogP contribution in [0.25, 0.3) is 10.9 Å². The summed E-state index contributed by atoms with van der Waals surface area (Å²) in [6.45, 7) is 6.24. The van der Waals surface area contributed by atoms with Gasteiger partial charge in [0.25, 0.3) is 11.5 Å². The van der Waals surface area contributed by atoms with E-state index in [-0.39, 0.29) is 28.6 Å². The maximum atomic E-state index is 13.7. The van der Waals surface area contributed by atoms with Crippen LogP contribution in [0.3, 0.4) is 0 Å². The average molecular weight is 641 g/mol. The zero-order valence-corrected chi connectivity index (χ0v) is 26.5. The molecule has 0 unspecified atom stereocenters. The number of amides is 1. The Balaban J connectivity index is 1.56. The fraction of sp³-hybridized carbons (Fsp3) is 0.379. The Kier molecular flexibility index (Phi) is 8.35. The Labute approximate surface area is 259 Å². The summed E-state index contributed by atoms with van der Waals surface area (Å²) in [4.78, 5) is 46.1. The van der Waals surface area contributed by atoms with Crippen molar-refractivity contribution in [1.29, 1.82) is 0 Å². The fourth-order valence-corrected chi connectivity index (χ4v) is 6.05. The maximum Gasteiger partial charge on any atom is 0.285 e. The summed E-state index contributed by atoms with van der Waals surface area (Å²) in [5.41, 5.74) is 1.11. The molecule has 4 heterocycles. The third-order valence-corrected chi connectivity index (χ3v) is 8.25. The zero-order valence-electron chi connectivity index (χ0n) is 24.9. The summed E-state index contributed by atoms with van der Waals surface area (Å²) in [5.74, 6) is -0.232. The Morgan fingerprint density at radius 1 is 1.16 bits per heavy atom. The van der Waals surface area contributed by atoms with Gasteiger partial charge in [0.1, 0.15) is 10.8 Å². The standard InChI is InChI=1S/C29H33ClN8O5S/c1-16-13-19(18(3)33-21-7-8-22(30)34-24(21)25(39)36-44(5,42)43)23-20(14-16)26(40)37(4)28(35-23)38-12-6-10-29(41,15-38)27-31-11-9-17(2)32-27/h7-9,11,13-14,18,33,41H,6,10,12,15H2,1-5H3,(H,36,39)/t18-,29-/m1/s1. The van der Waals surface area contributed by atoms with E-state index in [1.54, 1.807) is 25.4 Å². The number of pyridine rings is 1. The van der Waals surface area contributed by atoms with E-state index < -0.39 is 27.6 Å². The molecule has 0 saturated carbocycles. The molecular weight excluding hydrogens is 608 g/mol. The van der Waals surface area contributed by atoms with Crippen molar-refractivity contribution in [1.82, 2.24) is 29.2 Å². The topological polar surface area (TPSA) is 172 Å². The van der Waals surface area contributed by atoms with Gasteiger partial charge in [0.05, 0.1) is 35.4 Å². The molecule has 13 nitrogen and oxygen atoms in total. The van der Waals surface area contributed by atoms with Gasteiger partial charge in [-0.15, -0.1) is 0 Å². The fourth-order valence-electron chi connectivity index (χ4n) is 5.47. The quantitative estimate of drug-likeness (QED) is 0.254. The highest BCUT2D eigenvalue weighted by atomic mass is 35.5. The van der Waals surface area contributed by atoms with Crippen molar-refractivity contribution in [2.45, 2.75) is 45.3 Å². The molecule has 3 N–H and O–H groups in total. The van der Waals surface area contributed by atoms with Gasteiger partial charge in [-0.2, -0.15) is 0 Å². The van der Waals surface area contributed by atoms with E-state index in [0.29, 0.717) is 47.6 Å². The molecule has 1 aromatic carbocycles. The lowest BCUT2D eigenvalue weighted by Crippen LogP contribution is -2.49. The lowest BCUT2D eigenvalue weighted by Gasteiger charge is -2.39. The first-order chi connectivity index (χ1) is 20.6. The van der Waals surface area contributed by atoms with E-state index in [1.165, 1.54) is 16.7 Å². The number of halogens is 1. The van der Waals surface area contributed by atoms with E-state index in [4.69, 9.17) is 16.6 Å². The van der Waals surface area contributed by atoms with Crippen LogP contribution < -0.4 is 20.5 Å². The summed E-state index contributed by atoms with van der Waals surface area (Å²) < 4.78 is 26.8. The third-order valence-electron chi connectivity index (χ3n) is 7.49. The second-order valence-electron chi connectivity index (χ2n) is 11.2. The summed E-state index contributed by atoms with van der Waals surface area (Å²) in [6, 6.07) is 7.92. The van der Waals surface area contributed by atoms with Gasteiger partial charge >= 0.3 is 0 Å². The Hall–Kier alpha value is -4.14. The van der Waals surface area contributed by atoms with Crippen LogP contribution in [0.2, 0.25) is 5.15 Å². The van der Waals surface area contributed by atoms with Gasteiger partial charge in [-0.3, -0.25) is 14.2 Å². The number of carbonyl (C=O) groups excluding carboxylic acids is 1. The van der Waals surface area contributed by atoms with Crippen molar-refractivity contribution in [3.8, 4) is 0 Å². The molecule has 1 fully saturated rings.